The molecule has 8 nitrogen and oxygen atoms in total. The molecule has 0 spiro atoms. The number of nitrogens with two attached hydrogens (primary N) is 1. The molecule has 4 rings (SSSR count). The summed E-state index contributed by atoms with van der Waals surface area (Å²) in [6.07, 6.45) is -1.11. The molecule has 1 saturated carbocycles. The second-order valence-corrected chi connectivity index (χ2v) is 9.99. The highest BCUT2D eigenvalue weighted by Gasteiger charge is 2.42. The third-order valence-electron chi connectivity index (χ3n) is 5.43. The summed E-state index contributed by atoms with van der Waals surface area (Å²) in [4.78, 5) is 4.20. The Bertz CT molecular complexity index is 1200. The zero-order chi connectivity index (χ0) is 23.3. The van der Waals surface area contributed by atoms with E-state index in [4.69, 9.17) is 5.73 Å². The predicted octanol–water partition coefficient (Wildman–Crippen LogP) is 2.24. The number of alkyl halides is 3. The summed E-state index contributed by atoms with van der Waals surface area (Å²) in [5.41, 5.74) is 6.90. The van der Waals surface area contributed by atoms with E-state index in [9.17, 15) is 21.6 Å². The van der Waals surface area contributed by atoms with E-state index >= 15 is 0 Å². The van der Waals surface area contributed by atoms with E-state index in [1.54, 1.807) is 26.0 Å². The van der Waals surface area contributed by atoms with E-state index in [-0.39, 0.29) is 22.5 Å². The second-order valence-electron chi connectivity index (χ2n) is 7.76. The van der Waals surface area contributed by atoms with Crippen molar-refractivity contribution >= 4 is 16.1 Å². The van der Waals surface area contributed by atoms with E-state index in [2.05, 4.69) is 20.7 Å². The lowest BCUT2D eigenvalue weighted by Gasteiger charge is -2.33. The van der Waals surface area contributed by atoms with Crippen molar-refractivity contribution in [3.63, 3.8) is 0 Å². The number of nitrogens with one attached hydrogen (secondary N) is 2. The first-order valence-corrected chi connectivity index (χ1v) is 11.6. The minimum absolute atomic E-state index is 0.250. The van der Waals surface area contributed by atoms with Crippen LogP contribution in [0.3, 0.4) is 0 Å². The van der Waals surface area contributed by atoms with Crippen molar-refractivity contribution in [3.8, 4) is 5.69 Å². The minimum Gasteiger partial charge on any atom is -0.372 e. The fourth-order valence-electron chi connectivity index (χ4n) is 3.58. The maximum atomic E-state index is 13.3. The molecule has 12 heteroatoms. The van der Waals surface area contributed by atoms with Crippen LogP contribution in [0.5, 0.6) is 0 Å². The van der Waals surface area contributed by atoms with Gasteiger partial charge >= 0.3 is 6.18 Å². The Morgan fingerprint density at radius 2 is 1.94 bits per heavy atom. The molecule has 1 unspecified atom stereocenters. The van der Waals surface area contributed by atoms with Crippen LogP contribution < -0.4 is 16.4 Å². The Balaban J connectivity index is 1.65. The van der Waals surface area contributed by atoms with Gasteiger partial charge in [0, 0.05) is 12.8 Å². The molecule has 1 aliphatic heterocycles. The number of allylic oxidation sites excluding steroid dienone is 1. The van der Waals surface area contributed by atoms with Crippen LogP contribution in [0, 0.1) is 6.92 Å². The van der Waals surface area contributed by atoms with Crippen molar-refractivity contribution in [2.45, 2.75) is 48.8 Å². The van der Waals surface area contributed by atoms with Crippen LogP contribution in [0.4, 0.5) is 13.2 Å². The SMILES string of the molecule is CCNC1=C(C(F)(F)F)C=NC(N)(c2cnn(-c3ccc(S(=O)(=O)C4CC4)cc3)c2C)N1. The molecule has 1 atom stereocenters. The van der Waals surface area contributed by atoms with E-state index in [0.717, 1.165) is 0 Å². The third-order valence-corrected chi connectivity index (χ3v) is 7.71. The Labute approximate surface area is 183 Å². The highest BCUT2D eigenvalue weighted by Crippen LogP contribution is 2.34. The maximum Gasteiger partial charge on any atom is 0.421 e. The molecule has 1 aromatic carbocycles. The molecule has 172 valence electrons. The van der Waals surface area contributed by atoms with Crippen LogP contribution in [-0.4, -0.2) is 42.4 Å². The molecule has 0 amide bonds. The molecule has 2 aliphatic rings. The van der Waals surface area contributed by atoms with Crippen LogP contribution in [0.2, 0.25) is 0 Å². The van der Waals surface area contributed by atoms with Crippen molar-refractivity contribution in [3.05, 3.63) is 53.1 Å². The van der Waals surface area contributed by atoms with Gasteiger partial charge in [-0.3, -0.25) is 5.73 Å². The zero-order valence-corrected chi connectivity index (χ0v) is 18.3. The van der Waals surface area contributed by atoms with Crippen molar-refractivity contribution in [2.24, 2.45) is 10.7 Å². The predicted molar refractivity (Wildman–Crippen MR) is 113 cm³/mol. The van der Waals surface area contributed by atoms with Crippen LogP contribution in [0.1, 0.15) is 31.0 Å². The molecule has 0 radical (unpaired) electrons. The molecule has 32 heavy (non-hydrogen) atoms. The summed E-state index contributed by atoms with van der Waals surface area (Å²) in [5, 5.41) is 9.30. The number of halogens is 3. The van der Waals surface area contributed by atoms with Gasteiger partial charge in [-0.2, -0.15) is 18.3 Å². The highest BCUT2D eigenvalue weighted by atomic mass is 32.2. The standard InChI is InChI=1S/C20H23F3N6O2S/c1-3-25-18-17(19(21,22)23)10-26-20(24,28-18)16-11-27-29(12(16)2)13-4-6-14(7-5-13)32(30,31)15-8-9-15/h4-7,10-11,15,25,28H,3,8-9,24H2,1-2H3. The lowest BCUT2D eigenvalue weighted by Crippen LogP contribution is -2.54. The quantitative estimate of drug-likeness (QED) is 0.599. The summed E-state index contributed by atoms with van der Waals surface area (Å²) in [6.45, 7) is 3.63. The van der Waals surface area contributed by atoms with Gasteiger partial charge in [0.25, 0.3) is 0 Å². The number of hydrogen-bond acceptors (Lipinski definition) is 7. The summed E-state index contributed by atoms with van der Waals surface area (Å²) >= 11 is 0. The molecule has 4 N–H and O–H groups in total. The van der Waals surface area contributed by atoms with Gasteiger partial charge in [-0.05, 0) is 51.0 Å². The Hall–Kier alpha value is -2.86. The van der Waals surface area contributed by atoms with Gasteiger partial charge < -0.3 is 10.6 Å². The fraction of sp³-hybridized carbons (Fsp3) is 0.400. The van der Waals surface area contributed by atoms with Gasteiger partial charge in [-0.25, -0.2) is 18.1 Å². The number of aliphatic imine (C=N–C) groups is 1. The molecule has 1 aromatic heterocycles. The average molecular weight is 469 g/mol. The summed E-state index contributed by atoms with van der Waals surface area (Å²) in [7, 11) is -3.31. The average Bonchev–Trinajstić information content (AvgIpc) is 3.50. The second kappa shape index (κ2) is 7.62. The molecule has 2 aromatic rings. The highest BCUT2D eigenvalue weighted by molar-refractivity contribution is 7.92. The maximum absolute atomic E-state index is 13.3. The Morgan fingerprint density at radius 3 is 2.50 bits per heavy atom. The van der Waals surface area contributed by atoms with E-state index in [1.165, 1.54) is 23.0 Å². The first-order valence-electron chi connectivity index (χ1n) is 10.0. The van der Waals surface area contributed by atoms with Crippen LogP contribution >= 0.6 is 0 Å². The van der Waals surface area contributed by atoms with Gasteiger partial charge in [0.15, 0.2) is 9.84 Å². The summed E-state index contributed by atoms with van der Waals surface area (Å²) < 4.78 is 66.3. The van der Waals surface area contributed by atoms with Crippen LogP contribution in [-0.2, 0) is 15.6 Å². The lowest BCUT2D eigenvalue weighted by atomic mass is 10.1. The monoisotopic (exact) mass is 468 g/mol. The van der Waals surface area contributed by atoms with Gasteiger partial charge in [0.05, 0.1) is 33.3 Å². The number of rotatable bonds is 6. The van der Waals surface area contributed by atoms with E-state index < -0.39 is 27.4 Å². The number of hydrogen-bond donors (Lipinski definition) is 3. The number of sulfone groups is 1. The fourth-order valence-corrected chi connectivity index (χ4v) is 5.24. The molecule has 1 fully saturated rings. The minimum atomic E-state index is -4.60. The first kappa shape index (κ1) is 22.3. The van der Waals surface area contributed by atoms with Crippen molar-refractivity contribution in [1.82, 2.24) is 20.4 Å². The summed E-state index contributed by atoms with van der Waals surface area (Å²) in [5.74, 6) is -1.93. The third kappa shape index (κ3) is 3.88. The largest absolute Gasteiger partial charge is 0.421 e. The van der Waals surface area contributed by atoms with Crippen LogP contribution in [0.25, 0.3) is 5.69 Å². The summed E-state index contributed by atoms with van der Waals surface area (Å²) in [6, 6.07) is 6.32. The zero-order valence-electron chi connectivity index (χ0n) is 17.4. The molecular weight excluding hydrogens is 445 g/mol. The topological polar surface area (TPSA) is 114 Å². The van der Waals surface area contributed by atoms with Crippen LogP contribution in [0.15, 0.2) is 51.7 Å². The van der Waals surface area contributed by atoms with Crippen molar-refractivity contribution < 1.29 is 21.6 Å². The van der Waals surface area contributed by atoms with Gasteiger partial charge in [-0.1, -0.05) is 0 Å². The van der Waals surface area contributed by atoms with Crippen molar-refractivity contribution in [2.75, 3.05) is 6.54 Å². The lowest BCUT2D eigenvalue weighted by molar-refractivity contribution is -0.0876. The Morgan fingerprint density at radius 1 is 1.28 bits per heavy atom. The van der Waals surface area contributed by atoms with E-state index in [0.29, 0.717) is 36.0 Å². The molecule has 0 saturated heterocycles. The molecular formula is C20H23F3N6O2S. The van der Waals surface area contributed by atoms with Gasteiger partial charge in [0.2, 0.25) is 5.79 Å². The first-order chi connectivity index (χ1) is 15.0. The number of nitrogens with zero attached hydrogens (tertiary/aromatic N) is 3. The Kier molecular flexibility index (Phi) is 5.32. The van der Waals surface area contributed by atoms with Crippen molar-refractivity contribution in [1.29, 1.82) is 0 Å². The smallest absolute Gasteiger partial charge is 0.372 e. The van der Waals surface area contributed by atoms with Gasteiger partial charge in [0.1, 0.15) is 11.4 Å². The number of benzene rings is 1. The molecule has 2 heterocycles. The normalized spacial score (nSPS) is 21.6. The molecule has 1 aliphatic carbocycles. The van der Waals surface area contributed by atoms with E-state index in [1.807, 2.05) is 0 Å². The number of aromatic nitrogens is 2. The molecule has 0 bridgehead atoms. The van der Waals surface area contributed by atoms with Gasteiger partial charge in [-0.15, -0.1) is 0 Å².